The fraction of sp³-hybridized carbons (Fsp3) is 0.357. The first-order chi connectivity index (χ1) is 11.6. The third-order valence-electron chi connectivity index (χ3n) is 3.05. The van der Waals surface area contributed by atoms with Crippen molar-refractivity contribution in [1.29, 1.82) is 0 Å². The van der Waals surface area contributed by atoms with E-state index in [4.69, 9.17) is 10.8 Å². The normalized spacial score (nSPS) is 12.2. The van der Waals surface area contributed by atoms with Crippen LogP contribution in [0, 0.1) is 0 Å². The van der Waals surface area contributed by atoms with Gasteiger partial charge in [-0.3, -0.25) is 9.59 Å². The molecule has 10 nitrogen and oxygen atoms in total. The van der Waals surface area contributed by atoms with E-state index in [0.717, 1.165) is 0 Å². The van der Waals surface area contributed by atoms with Gasteiger partial charge in [0.05, 0.1) is 4.90 Å². The molecule has 0 saturated carbocycles. The highest BCUT2D eigenvalue weighted by Gasteiger charge is 2.25. The van der Waals surface area contributed by atoms with Gasteiger partial charge in [0.2, 0.25) is 15.9 Å². The van der Waals surface area contributed by atoms with Gasteiger partial charge >= 0.3 is 12.0 Å². The maximum atomic E-state index is 12.3. The minimum absolute atomic E-state index is 0.0289. The van der Waals surface area contributed by atoms with Gasteiger partial charge in [-0.25, -0.2) is 13.2 Å². The molecule has 0 aliphatic carbocycles. The van der Waals surface area contributed by atoms with Gasteiger partial charge in [0.15, 0.2) is 0 Å². The Labute approximate surface area is 144 Å². The van der Waals surface area contributed by atoms with Crippen LogP contribution in [0.5, 0.6) is 0 Å². The number of nitrogens with two attached hydrogens (primary N) is 1. The molecule has 0 unspecified atom stereocenters. The number of benzene rings is 1. The van der Waals surface area contributed by atoms with Crippen LogP contribution in [0.1, 0.15) is 19.8 Å². The average molecular weight is 372 g/mol. The Balaban J connectivity index is 2.76. The van der Waals surface area contributed by atoms with E-state index in [1.54, 1.807) is 0 Å². The van der Waals surface area contributed by atoms with Crippen molar-refractivity contribution in [1.82, 2.24) is 10.0 Å². The molecule has 0 radical (unpaired) electrons. The first-order valence-corrected chi connectivity index (χ1v) is 8.76. The number of urea groups is 1. The van der Waals surface area contributed by atoms with Crippen molar-refractivity contribution >= 4 is 33.6 Å². The molecule has 25 heavy (non-hydrogen) atoms. The fourth-order valence-corrected chi connectivity index (χ4v) is 3.15. The zero-order valence-electron chi connectivity index (χ0n) is 13.5. The van der Waals surface area contributed by atoms with Crippen molar-refractivity contribution in [2.75, 3.05) is 11.9 Å². The van der Waals surface area contributed by atoms with Gasteiger partial charge in [0.1, 0.15) is 6.04 Å². The van der Waals surface area contributed by atoms with E-state index in [2.05, 4.69) is 15.4 Å². The van der Waals surface area contributed by atoms with Crippen molar-refractivity contribution in [2.45, 2.75) is 30.7 Å². The van der Waals surface area contributed by atoms with E-state index in [1.807, 2.05) is 0 Å². The number of rotatable bonds is 9. The van der Waals surface area contributed by atoms with Crippen molar-refractivity contribution in [3.05, 3.63) is 24.3 Å². The number of carbonyl (C=O) groups excluding carboxylic acids is 2. The summed E-state index contributed by atoms with van der Waals surface area (Å²) in [5.74, 6) is -1.64. The summed E-state index contributed by atoms with van der Waals surface area (Å²) in [5, 5.41) is 13.9. The predicted molar refractivity (Wildman–Crippen MR) is 89.3 cm³/mol. The smallest absolute Gasteiger partial charge is 0.321 e. The largest absolute Gasteiger partial charge is 0.480 e. The van der Waals surface area contributed by atoms with E-state index < -0.39 is 28.1 Å². The lowest BCUT2D eigenvalue weighted by Gasteiger charge is -2.15. The van der Waals surface area contributed by atoms with E-state index >= 15 is 0 Å². The van der Waals surface area contributed by atoms with Gasteiger partial charge < -0.3 is 21.5 Å². The van der Waals surface area contributed by atoms with Crippen LogP contribution in [0.25, 0.3) is 0 Å². The van der Waals surface area contributed by atoms with Gasteiger partial charge in [-0.2, -0.15) is 4.72 Å². The number of aliphatic carboxylic acids is 1. The number of amides is 3. The Hall–Kier alpha value is -2.66. The second kappa shape index (κ2) is 8.99. The lowest BCUT2D eigenvalue weighted by Crippen LogP contribution is -2.41. The standard InChI is InChI=1S/C14H20N4O6S/c1-9(19)17-10-4-6-11(7-5-10)25(23,24)18-12(13(20)21)3-2-8-16-14(15)22/h4-7,12,18H,2-3,8H2,1H3,(H,17,19)(H,20,21)(H3,15,16,22)/t12-/m0/s1. The van der Waals surface area contributed by atoms with Crippen LogP contribution in [-0.4, -0.2) is 44.0 Å². The monoisotopic (exact) mass is 372 g/mol. The molecule has 0 aromatic heterocycles. The molecule has 0 aliphatic rings. The first kappa shape index (κ1) is 20.4. The number of hydrogen-bond donors (Lipinski definition) is 5. The van der Waals surface area contributed by atoms with Crippen molar-refractivity contribution in [3.8, 4) is 0 Å². The van der Waals surface area contributed by atoms with E-state index in [9.17, 15) is 22.8 Å². The molecule has 0 spiro atoms. The molecule has 0 saturated heterocycles. The molecule has 1 atom stereocenters. The molecule has 1 aromatic rings. The molecular formula is C14H20N4O6S. The highest BCUT2D eigenvalue weighted by Crippen LogP contribution is 2.15. The van der Waals surface area contributed by atoms with Crippen molar-refractivity contribution in [2.24, 2.45) is 5.73 Å². The highest BCUT2D eigenvalue weighted by atomic mass is 32.2. The minimum atomic E-state index is -4.06. The van der Waals surface area contributed by atoms with E-state index in [-0.39, 0.29) is 30.2 Å². The number of carboxylic acids is 1. The summed E-state index contributed by atoms with van der Waals surface area (Å²) in [6.07, 6.45) is 0.197. The number of sulfonamides is 1. The van der Waals surface area contributed by atoms with E-state index in [1.165, 1.54) is 31.2 Å². The average Bonchev–Trinajstić information content (AvgIpc) is 2.49. The summed E-state index contributed by atoms with van der Waals surface area (Å²) in [6.45, 7) is 1.45. The summed E-state index contributed by atoms with van der Waals surface area (Å²) < 4.78 is 26.6. The van der Waals surface area contributed by atoms with Gasteiger partial charge in [0.25, 0.3) is 0 Å². The van der Waals surface area contributed by atoms with Crippen LogP contribution in [0.3, 0.4) is 0 Å². The predicted octanol–water partition coefficient (Wildman–Crippen LogP) is -0.175. The summed E-state index contributed by atoms with van der Waals surface area (Å²) in [7, 11) is -4.06. The molecule has 138 valence electrons. The van der Waals surface area contributed by atoms with Gasteiger partial charge in [-0.05, 0) is 37.1 Å². The molecule has 0 aliphatic heterocycles. The Morgan fingerprint density at radius 3 is 2.28 bits per heavy atom. The Bertz CT molecular complexity index is 732. The summed E-state index contributed by atoms with van der Waals surface area (Å²) in [6, 6.07) is 3.19. The number of anilines is 1. The van der Waals surface area contributed by atoms with Gasteiger partial charge in [-0.15, -0.1) is 0 Å². The van der Waals surface area contributed by atoms with Crippen LogP contribution in [-0.2, 0) is 19.6 Å². The SMILES string of the molecule is CC(=O)Nc1ccc(S(=O)(=O)N[C@@H](CCCNC(N)=O)C(=O)O)cc1. The molecule has 0 bridgehead atoms. The number of carboxylic acid groups (broad SMARTS) is 1. The molecule has 1 aromatic carbocycles. The number of nitrogens with one attached hydrogen (secondary N) is 3. The molecule has 6 N–H and O–H groups in total. The quantitative estimate of drug-likeness (QED) is 0.377. The highest BCUT2D eigenvalue weighted by molar-refractivity contribution is 7.89. The van der Waals surface area contributed by atoms with Crippen molar-refractivity contribution < 1.29 is 27.9 Å². The van der Waals surface area contributed by atoms with Crippen molar-refractivity contribution in [3.63, 3.8) is 0 Å². The van der Waals surface area contributed by atoms with Crippen LogP contribution >= 0.6 is 0 Å². The molecule has 0 fully saturated rings. The van der Waals surface area contributed by atoms with Gasteiger partial charge in [0, 0.05) is 19.2 Å². The number of primary amides is 1. The van der Waals surface area contributed by atoms with E-state index in [0.29, 0.717) is 5.69 Å². The first-order valence-electron chi connectivity index (χ1n) is 7.28. The Morgan fingerprint density at radius 2 is 1.80 bits per heavy atom. The zero-order chi connectivity index (χ0) is 19.0. The summed E-state index contributed by atoms with van der Waals surface area (Å²) in [5.41, 5.74) is 5.30. The Kier molecular flexibility index (Phi) is 7.33. The summed E-state index contributed by atoms with van der Waals surface area (Å²) >= 11 is 0. The number of carbonyl (C=O) groups is 3. The second-order valence-corrected chi connectivity index (χ2v) is 6.86. The summed E-state index contributed by atoms with van der Waals surface area (Å²) in [4.78, 5) is 32.6. The number of hydrogen-bond acceptors (Lipinski definition) is 5. The molecule has 3 amide bonds. The maximum absolute atomic E-state index is 12.3. The van der Waals surface area contributed by atoms with Crippen LogP contribution in [0.2, 0.25) is 0 Å². The second-order valence-electron chi connectivity index (χ2n) is 5.15. The molecular weight excluding hydrogens is 352 g/mol. The molecule has 0 heterocycles. The molecule has 11 heteroatoms. The third-order valence-corrected chi connectivity index (χ3v) is 4.54. The lowest BCUT2D eigenvalue weighted by molar-refractivity contribution is -0.139. The molecule has 1 rings (SSSR count). The maximum Gasteiger partial charge on any atom is 0.321 e. The zero-order valence-corrected chi connectivity index (χ0v) is 14.3. The van der Waals surface area contributed by atoms with Crippen LogP contribution < -0.4 is 21.1 Å². The Morgan fingerprint density at radius 1 is 1.20 bits per heavy atom. The minimum Gasteiger partial charge on any atom is -0.480 e. The fourth-order valence-electron chi connectivity index (χ4n) is 1.93. The third kappa shape index (κ3) is 7.18. The van der Waals surface area contributed by atoms with Crippen LogP contribution in [0.15, 0.2) is 29.2 Å². The lowest BCUT2D eigenvalue weighted by atomic mass is 10.2. The van der Waals surface area contributed by atoms with Gasteiger partial charge in [-0.1, -0.05) is 0 Å². The topological polar surface area (TPSA) is 168 Å². The van der Waals surface area contributed by atoms with Crippen LogP contribution in [0.4, 0.5) is 10.5 Å².